The zero-order valence-electron chi connectivity index (χ0n) is 11.2. The van der Waals surface area contributed by atoms with Gasteiger partial charge in [-0.2, -0.15) is 0 Å². The van der Waals surface area contributed by atoms with Crippen molar-refractivity contribution in [2.75, 3.05) is 12.5 Å². The summed E-state index contributed by atoms with van der Waals surface area (Å²) in [6.45, 7) is 2.77. The van der Waals surface area contributed by atoms with Gasteiger partial charge in [-0.3, -0.25) is 0 Å². The Morgan fingerprint density at radius 3 is 2.75 bits per heavy atom. The molecule has 3 nitrogen and oxygen atoms in total. The third-order valence-corrected chi connectivity index (χ3v) is 4.73. The second-order valence-corrected chi connectivity index (χ2v) is 6.49. The fraction of sp³-hybridized carbons (Fsp3) is 0.429. The highest BCUT2D eigenvalue weighted by atomic mass is 79.9. The molecular formula is C14H17BrClFN2O. The summed E-state index contributed by atoms with van der Waals surface area (Å²) >= 11 is 9.14. The highest BCUT2D eigenvalue weighted by Gasteiger charge is 2.24. The van der Waals surface area contributed by atoms with E-state index in [-0.39, 0.29) is 12.4 Å². The average molecular weight is 364 g/mol. The minimum Gasteiger partial charge on any atom is -0.396 e. The summed E-state index contributed by atoms with van der Waals surface area (Å²) in [5.41, 5.74) is 7.05. The summed E-state index contributed by atoms with van der Waals surface area (Å²) < 4.78 is 16.1. The maximum Gasteiger partial charge on any atom is 0.138 e. The highest BCUT2D eigenvalue weighted by molar-refractivity contribution is 9.10. The van der Waals surface area contributed by atoms with Crippen molar-refractivity contribution in [1.82, 2.24) is 4.57 Å². The zero-order valence-corrected chi connectivity index (χ0v) is 13.5. The van der Waals surface area contributed by atoms with Crippen LogP contribution in [0.1, 0.15) is 12.5 Å². The molecule has 20 heavy (non-hydrogen) atoms. The molecule has 0 saturated heterocycles. The second-order valence-electron chi connectivity index (χ2n) is 5.37. The summed E-state index contributed by atoms with van der Waals surface area (Å²) in [5.74, 6) is 0.0240. The SMILES string of the molecule is CC(CO)(CCl)Cn1cc(CN)c2cc(F)c(Br)cc21. The largest absolute Gasteiger partial charge is 0.396 e. The first-order valence-corrected chi connectivity index (χ1v) is 7.60. The van der Waals surface area contributed by atoms with Crippen LogP contribution in [0.5, 0.6) is 0 Å². The summed E-state index contributed by atoms with van der Waals surface area (Å²) in [6, 6.07) is 3.21. The first-order valence-electron chi connectivity index (χ1n) is 6.28. The van der Waals surface area contributed by atoms with Crippen LogP contribution in [0.3, 0.4) is 0 Å². The minimum atomic E-state index is -0.430. The molecule has 0 fully saturated rings. The molecule has 1 heterocycles. The molecule has 0 bridgehead atoms. The van der Waals surface area contributed by atoms with Crippen LogP contribution in [0.2, 0.25) is 0 Å². The van der Waals surface area contributed by atoms with Crippen molar-refractivity contribution >= 4 is 38.4 Å². The number of nitrogens with two attached hydrogens (primary N) is 1. The molecule has 0 spiro atoms. The molecular weight excluding hydrogens is 347 g/mol. The van der Waals surface area contributed by atoms with Crippen LogP contribution in [0.15, 0.2) is 22.8 Å². The number of alkyl halides is 1. The number of hydrogen-bond acceptors (Lipinski definition) is 2. The van der Waals surface area contributed by atoms with Crippen LogP contribution in [-0.2, 0) is 13.1 Å². The van der Waals surface area contributed by atoms with E-state index in [1.807, 2.05) is 17.7 Å². The monoisotopic (exact) mass is 362 g/mol. The lowest BCUT2D eigenvalue weighted by Gasteiger charge is -2.25. The molecule has 0 aliphatic carbocycles. The minimum absolute atomic E-state index is 0.0174. The van der Waals surface area contributed by atoms with Crippen molar-refractivity contribution in [3.8, 4) is 0 Å². The van der Waals surface area contributed by atoms with Gasteiger partial charge >= 0.3 is 0 Å². The molecule has 3 N–H and O–H groups in total. The number of hydrogen-bond donors (Lipinski definition) is 2. The van der Waals surface area contributed by atoms with Gasteiger partial charge in [0.25, 0.3) is 0 Å². The summed E-state index contributed by atoms with van der Waals surface area (Å²) in [5, 5.41) is 10.3. The molecule has 0 aliphatic heterocycles. The Morgan fingerprint density at radius 2 is 2.20 bits per heavy atom. The highest BCUT2D eigenvalue weighted by Crippen LogP contribution is 2.30. The van der Waals surface area contributed by atoms with Crippen molar-refractivity contribution in [2.24, 2.45) is 11.1 Å². The normalized spacial score (nSPS) is 14.7. The molecule has 6 heteroatoms. The fourth-order valence-corrected chi connectivity index (χ4v) is 2.70. The molecule has 1 unspecified atom stereocenters. The van der Waals surface area contributed by atoms with Crippen molar-refractivity contribution in [3.63, 3.8) is 0 Å². The number of aliphatic hydroxyl groups is 1. The first kappa shape index (κ1) is 15.8. The summed E-state index contributed by atoms with van der Waals surface area (Å²) in [7, 11) is 0. The van der Waals surface area contributed by atoms with Crippen molar-refractivity contribution < 1.29 is 9.50 Å². The zero-order chi connectivity index (χ0) is 14.9. The van der Waals surface area contributed by atoms with Gasteiger partial charge in [0.15, 0.2) is 0 Å². The number of aromatic nitrogens is 1. The van der Waals surface area contributed by atoms with E-state index in [1.54, 1.807) is 6.07 Å². The lowest BCUT2D eigenvalue weighted by atomic mass is 9.94. The van der Waals surface area contributed by atoms with Crippen LogP contribution < -0.4 is 5.73 Å². The smallest absolute Gasteiger partial charge is 0.138 e. The van der Waals surface area contributed by atoms with Crippen LogP contribution in [0, 0.1) is 11.2 Å². The van der Waals surface area contributed by atoms with Crippen LogP contribution in [0.4, 0.5) is 4.39 Å². The Labute approximate surface area is 130 Å². The van der Waals surface area contributed by atoms with E-state index in [4.69, 9.17) is 17.3 Å². The van der Waals surface area contributed by atoms with Gasteiger partial charge in [-0.25, -0.2) is 4.39 Å². The fourth-order valence-electron chi connectivity index (χ4n) is 2.20. The molecule has 0 aliphatic rings. The lowest BCUT2D eigenvalue weighted by molar-refractivity contribution is 0.145. The maximum absolute atomic E-state index is 13.7. The van der Waals surface area contributed by atoms with Gasteiger partial charge in [0.1, 0.15) is 5.82 Å². The van der Waals surface area contributed by atoms with E-state index in [9.17, 15) is 9.50 Å². The van der Waals surface area contributed by atoms with Crippen molar-refractivity contribution in [3.05, 3.63) is 34.2 Å². The molecule has 1 aromatic heterocycles. The topological polar surface area (TPSA) is 51.2 Å². The molecule has 2 aromatic rings. The van der Waals surface area contributed by atoms with Gasteiger partial charge in [0, 0.05) is 41.5 Å². The Bertz CT molecular complexity index is 625. The number of benzene rings is 1. The standard InChI is InChI=1S/C14H17BrClFN2O/c1-14(6-16,8-20)7-19-5-9(4-18)10-2-12(17)11(15)3-13(10)19/h2-3,5,20H,4,6-8,18H2,1H3. The quantitative estimate of drug-likeness (QED) is 0.801. The van der Waals surface area contributed by atoms with Gasteiger partial charge in [-0.15, -0.1) is 11.6 Å². The van der Waals surface area contributed by atoms with E-state index in [0.29, 0.717) is 23.4 Å². The molecule has 0 radical (unpaired) electrons. The Balaban J connectivity index is 2.56. The van der Waals surface area contributed by atoms with E-state index >= 15 is 0 Å². The maximum atomic E-state index is 13.7. The molecule has 110 valence electrons. The Kier molecular flexibility index (Phi) is 4.74. The van der Waals surface area contributed by atoms with E-state index in [0.717, 1.165) is 16.5 Å². The van der Waals surface area contributed by atoms with Gasteiger partial charge in [0.05, 0.1) is 11.1 Å². The van der Waals surface area contributed by atoms with Gasteiger partial charge < -0.3 is 15.4 Å². The Morgan fingerprint density at radius 1 is 1.50 bits per heavy atom. The molecule has 1 aromatic carbocycles. The van der Waals surface area contributed by atoms with Crippen LogP contribution in [-0.4, -0.2) is 22.2 Å². The van der Waals surface area contributed by atoms with E-state index in [1.165, 1.54) is 6.07 Å². The van der Waals surface area contributed by atoms with Gasteiger partial charge in [-0.05, 0) is 33.6 Å². The summed E-state index contributed by atoms with van der Waals surface area (Å²) in [6.07, 6.45) is 1.90. The third-order valence-electron chi connectivity index (χ3n) is 3.48. The number of fused-ring (bicyclic) bond motifs is 1. The molecule has 0 amide bonds. The predicted octanol–water partition coefficient (Wildman–Crippen LogP) is 3.24. The van der Waals surface area contributed by atoms with Crippen molar-refractivity contribution in [1.29, 1.82) is 0 Å². The lowest BCUT2D eigenvalue weighted by Crippen LogP contribution is -2.29. The van der Waals surface area contributed by atoms with E-state index in [2.05, 4.69) is 15.9 Å². The van der Waals surface area contributed by atoms with Gasteiger partial charge in [-0.1, -0.05) is 6.92 Å². The number of nitrogens with zero attached hydrogens (tertiary/aromatic N) is 1. The molecule has 2 rings (SSSR count). The molecule has 1 atom stereocenters. The van der Waals surface area contributed by atoms with Crippen LogP contribution >= 0.6 is 27.5 Å². The second kappa shape index (κ2) is 6.02. The molecule has 0 saturated carbocycles. The first-order chi connectivity index (χ1) is 9.44. The van der Waals surface area contributed by atoms with Gasteiger partial charge in [0.2, 0.25) is 0 Å². The number of rotatable bonds is 5. The average Bonchev–Trinajstić information content (AvgIpc) is 2.76. The van der Waals surface area contributed by atoms with Crippen LogP contribution in [0.25, 0.3) is 10.9 Å². The predicted molar refractivity (Wildman–Crippen MR) is 83.4 cm³/mol. The number of aliphatic hydroxyl groups excluding tert-OH is 1. The van der Waals surface area contributed by atoms with Crippen molar-refractivity contribution in [2.45, 2.75) is 20.0 Å². The third kappa shape index (κ3) is 2.86. The van der Waals surface area contributed by atoms with E-state index < -0.39 is 5.41 Å². The summed E-state index contributed by atoms with van der Waals surface area (Å²) in [4.78, 5) is 0. The Hall–Kier alpha value is -0.620. The number of halogens is 3.